The third-order valence-electron chi connectivity index (χ3n) is 1.38. The second-order valence-electron chi connectivity index (χ2n) is 2.34. The molecule has 0 fully saturated rings. The Morgan fingerprint density at radius 2 is 2.42 bits per heavy atom. The van der Waals surface area contributed by atoms with Crippen molar-refractivity contribution in [3.05, 3.63) is 20.8 Å². The van der Waals surface area contributed by atoms with E-state index in [9.17, 15) is 4.79 Å². The Hall–Kier alpha value is 0.140. The second-order valence-corrected chi connectivity index (χ2v) is 4.55. The van der Waals surface area contributed by atoms with E-state index in [2.05, 4.69) is 15.9 Å². The van der Waals surface area contributed by atoms with Crippen LogP contribution in [0.4, 0.5) is 0 Å². The van der Waals surface area contributed by atoms with Crippen molar-refractivity contribution >= 4 is 44.7 Å². The minimum Gasteiger partial charge on any atom is -0.293 e. The van der Waals surface area contributed by atoms with Crippen LogP contribution in [-0.4, -0.2) is 11.7 Å². The van der Waals surface area contributed by atoms with Crippen LogP contribution in [0.1, 0.15) is 22.5 Å². The van der Waals surface area contributed by atoms with Crippen LogP contribution in [0.15, 0.2) is 15.9 Å². The molecule has 0 aliphatic heterocycles. The van der Waals surface area contributed by atoms with Crippen LogP contribution < -0.4 is 0 Å². The molecule has 1 rings (SSSR count). The number of carbonyl (C=O) groups excluding carboxylic acids is 1. The summed E-state index contributed by atoms with van der Waals surface area (Å²) in [6.45, 7) is 0. The highest BCUT2D eigenvalue weighted by atomic mass is 79.9. The fourth-order valence-electron chi connectivity index (χ4n) is 0.810. The number of carbonyl (C=O) groups is 1. The van der Waals surface area contributed by atoms with Gasteiger partial charge in [-0.2, -0.15) is 0 Å². The Labute approximate surface area is 88.9 Å². The molecule has 0 N–H and O–H groups in total. The van der Waals surface area contributed by atoms with Crippen LogP contribution in [0, 0.1) is 0 Å². The molecule has 4 heteroatoms. The van der Waals surface area contributed by atoms with Crippen LogP contribution in [0.3, 0.4) is 0 Å². The molecule has 0 unspecified atom stereocenters. The summed E-state index contributed by atoms with van der Waals surface area (Å²) in [5.41, 5.74) is 0. The fourth-order valence-corrected chi connectivity index (χ4v) is 2.34. The van der Waals surface area contributed by atoms with Gasteiger partial charge in [-0.15, -0.1) is 22.9 Å². The van der Waals surface area contributed by atoms with E-state index < -0.39 is 0 Å². The molecule has 1 heterocycles. The average molecular weight is 268 g/mol. The topological polar surface area (TPSA) is 17.1 Å². The highest BCUT2D eigenvalue weighted by Gasteiger charge is 2.07. The van der Waals surface area contributed by atoms with Crippen molar-refractivity contribution in [2.24, 2.45) is 0 Å². The van der Waals surface area contributed by atoms with Gasteiger partial charge < -0.3 is 0 Å². The summed E-state index contributed by atoms with van der Waals surface area (Å²) in [6, 6.07) is 1.85. The van der Waals surface area contributed by atoms with Crippen LogP contribution >= 0.6 is 38.9 Å². The number of hydrogen-bond donors (Lipinski definition) is 0. The molecule has 0 saturated heterocycles. The van der Waals surface area contributed by atoms with Gasteiger partial charge in [-0.25, -0.2) is 0 Å². The first-order valence-corrected chi connectivity index (χ1v) is 5.78. The zero-order chi connectivity index (χ0) is 8.97. The lowest BCUT2D eigenvalue weighted by Gasteiger charge is -1.92. The van der Waals surface area contributed by atoms with Gasteiger partial charge in [-0.05, 0) is 28.4 Å². The summed E-state index contributed by atoms with van der Waals surface area (Å²) < 4.78 is 0.974. The van der Waals surface area contributed by atoms with Gasteiger partial charge >= 0.3 is 0 Å². The molecule has 0 bridgehead atoms. The van der Waals surface area contributed by atoms with Crippen molar-refractivity contribution in [2.75, 3.05) is 5.88 Å². The van der Waals surface area contributed by atoms with E-state index in [-0.39, 0.29) is 5.78 Å². The average Bonchev–Trinajstić information content (AvgIpc) is 2.47. The Kier molecular flexibility index (Phi) is 4.26. The van der Waals surface area contributed by atoms with E-state index in [1.807, 2.05) is 11.4 Å². The van der Waals surface area contributed by atoms with Crippen molar-refractivity contribution in [2.45, 2.75) is 12.8 Å². The number of alkyl halides is 1. The van der Waals surface area contributed by atoms with Gasteiger partial charge in [0.2, 0.25) is 0 Å². The normalized spacial score (nSPS) is 10.2. The van der Waals surface area contributed by atoms with Crippen molar-refractivity contribution in [3.63, 3.8) is 0 Å². The van der Waals surface area contributed by atoms with Gasteiger partial charge in [0.15, 0.2) is 5.78 Å². The highest BCUT2D eigenvalue weighted by Crippen LogP contribution is 2.21. The lowest BCUT2D eigenvalue weighted by atomic mass is 10.2. The van der Waals surface area contributed by atoms with E-state index in [1.54, 1.807) is 0 Å². The Morgan fingerprint density at radius 3 is 2.92 bits per heavy atom. The molecule has 0 aromatic carbocycles. The maximum absolute atomic E-state index is 11.3. The van der Waals surface area contributed by atoms with Gasteiger partial charge in [0, 0.05) is 22.2 Å². The van der Waals surface area contributed by atoms with Crippen LogP contribution in [0.2, 0.25) is 0 Å². The summed E-state index contributed by atoms with van der Waals surface area (Å²) >= 11 is 10.2. The zero-order valence-corrected chi connectivity index (χ0v) is 9.51. The van der Waals surface area contributed by atoms with Crippen molar-refractivity contribution < 1.29 is 4.79 Å². The largest absolute Gasteiger partial charge is 0.293 e. The Bertz CT molecular complexity index is 272. The molecule has 66 valence electrons. The molecule has 1 aromatic heterocycles. The predicted molar refractivity (Wildman–Crippen MR) is 56.3 cm³/mol. The smallest absolute Gasteiger partial charge is 0.172 e. The summed E-state index contributed by atoms with van der Waals surface area (Å²) in [7, 11) is 0. The summed E-state index contributed by atoms with van der Waals surface area (Å²) in [5.74, 6) is 0.740. The molecule has 0 aliphatic rings. The van der Waals surface area contributed by atoms with Gasteiger partial charge in [0.05, 0.1) is 4.88 Å². The van der Waals surface area contributed by atoms with E-state index in [0.717, 1.165) is 15.8 Å². The first-order chi connectivity index (χ1) is 5.74. The van der Waals surface area contributed by atoms with Gasteiger partial charge in [-0.3, -0.25) is 4.79 Å². The standard InChI is InChI=1S/C8H8BrClOS/c9-6-4-8(12-5-6)7(11)2-1-3-10/h4-5H,1-3H2. The molecule has 0 radical (unpaired) electrons. The maximum Gasteiger partial charge on any atom is 0.172 e. The zero-order valence-electron chi connectivity index (χ0n) is 6.35. The summed E-state index contributed by atoms with van der Waals surface area (Å²) in [5, 5.41) is 1.91. The number of ketones is 1. The Balaban J connectivity index is 2.53. The van der Waals surface area contributed by atoms with Gasteiger partial charge in [0.25, 0.3) is 0 Å². The molecule has 1 nitrogen and oxygen atoms in total. The monoisotopic (exact) mass is 266 g/mol. The third kappa shape index (κ3) is 2.88. The molecule has 0 spiro atoms. The van der Waals surface area contributed by atoms with Crippen molar-refractivity contribution in [3.8, 4) is 0 Å². The molecule has 1 aromatic rings. The number of Topliss-reactive ketones (excluding diaryl/α,β-unsaturated/α-hetero) is 1. The van der Waals surface area contributed by atoms with Gasteiger partial charge in [0.1, 0.15) is 0 Å². The maximum atomic E-state index is 11.3. The highest BCUT2D eigenvalue weighted by molar-refractivity contribution is 9.10. The van der Waals surface area contributed by atoms with Crippen LogP contribution in [0.5, 0.6) is 0 Å². The molecular weight excluding hydrogens is 260 g/mol. The number of hydrogen-bond acceptors (Lipinski definition) is 2. The van der Waals surface area contributed by atoms with Crippen molar-refractivity contribution in [1.82, 2.24) is 0 Å². The minimum absolute atomic E-state index is 0.186. The minimum atomic E-state index is 0.186. The van der Waals surface area contributed by atoms with E-state index in [0.29, 0.717) is 12.3 Å². The quantitative estimate of drug-likeness (QED) is 0.600. The number of halogens is 2. The first-order valence-electron chi connectivity index (χ1n) is 3.57. The second kappa shape index (κ2) is 5.00. The van der Waals surface area contributed by atoms with Crippen LogP contribution in [-0.2, 0) is 0 Å². The molecule has 0 amide bonds. The van der Waals surface area contributed by atoms with E-state index >= 15 is 0 Å². The number of thiophene rings is 1. The lowest BCUT2D eigenvalue weighted by Crippen LogP contribution is -1.95. The molecule has 0 saturated carbocycles. The number of rotatable bonds is 4. The lowest BCUT2D eigenvalue weighted by molar-refractivity contribution is 0.0986. The van der Waals surface area contributed by atoms with Gasteiger partial charge in [-0.1, -0.05) is 0 Å². The Morgan fingerprint density at radius 1 is 1.67 bits per heavy atom. The summed E-state index contributed by atoms with van der Waals surface area (Å²) in [6.07, 6.45) is 1.31. The SMILES string of the molecule is O=C(CCCCl)c1cc(Br)cs1. The van der Waals surface area contributed by atoms with E-state index in [4.69, 9.17) is 11.6 Å². The van der Waals surface area contributed by atoms with Crippen molar-refractivity contribution in [1.29, 1.82) is 0 Å². The molecule has 12 heavy (non-hydrogen) atoms. The third-order valence-corrected chi connectivity index (χ3v) is 3.38. The first kappa shape index (κ1) is 10.2. The fraction of sp³-hybridized carbons (Fsp3) is 0.375. The van der Waals surface area contributed by atoms with E-state index in [1.165, 1.54) is 11.3 Å². The molecule has 0 aliphatic carbocycles. The molecule has 0 atom stereocenters. The predicted octanol–water partition coefficient (Wildman–Crippen LogP) is 3.71. The van der Waals surface area contributed by atoms with Crippen LogP contribution in [0.25, 0.3) is 0 Å². The summed E-state index contributed by atoms with van der Waals surface area (Å²) in [4.78, 5) is 12.2. The molecular formula is C8H8BrClOS.